The van der Waals surface area contributed by atoms with Crippen molar-refractivity contribution in [2.45, 2.75) is 20.3 Å². The van der Waals surface area contributed by atoms with Gasteiger partial charge in [-0.3, -0.25) is 4.79 Å². The number of thiophene rings is 2. The van der Waals surface area contributed by atoms with E-state index in [4.69, 9.17) is 0 Å². The lowest BCUT2D eigenvalue weighted by atomic mass is 10.1. The first-order valence-corrected chi connectivity index (χ1v) is 8.26. The predicted molar refractivity (Wildman–Crippen MR) is 85.5 cm³/mol. The van der Waals surface area contributed by atoms with Crippen molar-refractivity contribution in [3.63, 3.8) is 0 Å². The molecule has 1 N–H and O–H groups in total. The van der Waals surface area contributed by atoms with Crippen LogP contribution in [-0.4, -0.2) is 12.1 Å². The Morgan fingerprint density at radius 2 is 2.32 bits per heavy atom. The molecule has 0 saturated carbocycles. The second-order valence-electron chi connectivity index (χ2n) is 3.88. The molecule has 0 aliphatic carbocycles. The SMILES string of the molecule is CCc1c(C(=O)N/N=C/c2ccc(Br)s2)csc1C. The lowest BCUT2D eigenvalue weighted by Gasteiger charge is -2.01. The van der Waals surface area contributed by atoms with Gasteiger partial charge in [0.1, 0.15) is 0 Å². The Balaban J connectivity index is 2.03. The molecule has 19 heavy (non-hydrogen) atoms. The molecule has 0 fully saturated rings. The number of rotatable bonds is 4. The van der Waals surface area contributed by atoms with E-state index in [1.807, 2.05) is 24.4 Å². The number of nitrogens with zero attached hydrogens (tertiary/aromatic N) is 1. The van der Waals surface area contributed by atoms with Gasteiger partial charge in [-0.2, -0.15) is 5.10 Å². The summed E-state index contributed by atoms with van der Waals surface area (Å²) in [7, 11) is 0. The van der Waals surface area contributed by atoms with Crippen molar-refractivity contribution in [3.8, 4) is 0 Å². The summed E-state index contributed by atoms with van der Waals surface area (Å²) in [5.74, 6) is -0.145. The molecule has 2 aromatic heterocycles. The molecule has 2 heterocycles. The lowest BCUT2D eigenvalue weighted by molar-refractivity contribution is 0.0954. The first-order chi connectivity index (χ1) is 9.11. The number of carbonyl (C=O) groups is 1. The maximum Gasteiger partial charge on any atom is 0.272 e. The van der Waals surface area contributed by atoms with Gasteiger partial charge in [0, 0.05) is 15.1 Å². The summed E-state index contributed by atoms with van der Waals surface area (Å²) in [5.41, 5.74) is 4.41. The molecule has 3 nitrogen and oxygen atoms in total. The summed E-state index contributed by atoms with van der Waals surface area (Å²) in [5, 5.41) is 5.88. The van der Waals surface area contributed by atoms with Crippen LogP contribution in [0, 0.1) is 6.92 Å². The van der Waals surface area contributed by atoms with Crippen LogP contribution in [0.5, 0.6) is 0 Å². The molecule has 1 amide bonds. The Labute approximate surface area is 128 Å². The molecule has 100 valence electrons. The Hall–Kier alpha value is -0.980. The van der Waals surface area contributed by atoms with Crippen molar-refractivity contribution in [1.29, 1.82) is 0 Å². The van der Waals surface area contributed by atoms with Gasteiger partial charge in [0.2, 0.25) is 0 Å². The van der Waals surface area contributed by atoms with E-state index >= 15 is 0 Å². The first kappa shape index (κ1) is 14.4. The largest absolute Gasteiger partial charge is 0.272 e. The van der Waals surface area contributed by atoms with Crippen LogP contribution in [0.3, 0.4) is 0 Å². The van der Waals surface area contributed by atoms with E-state index in [0.29, 0.717) is 0 Å². The van der Waals surface area contributed by atoms with Gasteiger partial charge in [-0.15, -0.1) is 22.7 Å². The number of aryl methyl sites for hydroxylation is 1. The average molecular weight is 357 g/mol. The van der Waals surface area contributed by atoms with Crippen molar-refractivity contribution in [1.82, 2.24) is 5.43 Å². The number of halogens is 1. The van der Waals surface area contributed by atoms with Crippen molar-refractivity contribution >= 4 is 50.7 Å². The molecule has 0 aromatic carbocycles. The van der Waals surface area contributed by atoms with E-state index in [-0.39, 0.29) is 5.91 Å². The van der Waals surface area contributed by atoms with Gasteiger partial charge in [0.05, 0.1) is 15.6 Å². The third-order valence-corrected chi connectivity index (χ3v) is 5.17. The van der Waals surface area contributed by atoms with Gasteiger partial charge in [-0.25, -0.2) is 5.43 Å². The molecular weight excluding hydrogens is 344 g/mol. The van der Waals surface area contributed by atoms with E-state index < -0.39 is 0 Å². The third-order valence-electron chi connectivity index (χ3n) is 2.65. The maximum absolute atomic E-state index is 12.0. The topological polar surface area (TPSA) is 41.5 Å². The molecular formula is C13H13BrN2OS2. The summed E-state index contributed by atoms with van der Waals surface area (Å²) in [6, 6.07) is 3.89. The zero-order valence-electron chi connectivity index (χ0n) is 10.6. The van der Waals surface area contributed by atoms with E-state index in [0.717, 1.165) is 26.2 Å². The fourth-order valence-corrected chi connectivity index (χ4v) is 3.96. The molecule has 0 unspecified atom stereocenters. The van der Waals surface area contributed by atoms with E-state index in [1.54, 1.807) is 28.9 Å². The van der Waals surface area contributed by atoms with Crippen molar-refractivity contribution < 1.29 is 4.79 Å². The molecule has 0 saturated heterocycles. The summed E-state index contributed by atoms with van der Waals surface area (Å²) in [6.45, 7) is 4.09. The fraction of sp³-hybridized carbons (Fsp3) is 0.231. The molecule has 0 aliphatic rings. The van der Waals surface area contributed by atoms with Gasteiger partial charge in [0.15, 0.2) is 0 Å². The van der Waals surface area contributed by atoms with Crippen molar-refractivity contribution in [2.75, 3.05) is 0 Å². The predicted octanol–water partition coefficient (Wildman–Crippen LogP) is 4.21. The quantitative estimate of drug-likeness (QED) is 0.646. The van der Waals surface area contributed by atoms with Crippen LogP contribution < -0.4 is 5.43 Å². The minimum atomic E-state index is -0.145. The molecule has 0 radical (unpaired) electrons. The van der Waals surface area contributed by atoms with E-state index in [1.165, 1.54) is 4.88 Å². The zero-order chi connectivity index (χ0) is 13.8. The number of nitrogens with one attached hydrogen (secondary N) is 1. The summed E-state index contributed by atoms with van der Waals surface area (Å²) >= 11 is 6.55. The van der Waals surface area contributed by atoms with E-state index in [2.05, 4.69) is 33.4 Å². The van der Waals surface area contributed by atoms with Crippen molar-refractivity contribution in [3.05, 3.63) is 42.2 Å². The highest BCUT2D eigenvalue weighted by molar-refractivity contribution is 9.11. The van der Waals surface area contributed by atoms with E-state index in [9.17, 15) is 4.79 Å². The highest BCUT2D eigenvalue weighted by Gasteiger charge is 2.13. The second-order valence-corrected chi connectivity index (χ2v) is 7.46. The molecule has 0 aliphatic heterocycles. The van der Waals surface area contributed by atoms with Gasteiger partial charge < -0.3 is 0 Å². The Morgan fingerprint density at radius 1 is 1.53 bits per heavy atom. The van der Waals surface area contributed by atoms with Gasteiger partial charge in [-0.05, 0) is 47.0 Å². The van der Waals surface area contributed by atoms with Crippen LogP contribution >= 0.6 is 38.6 Å². The average Bonchev–Trinajstić information content (AvgIpc) is 2.95. The first-order valence-electron chi connectivity index (χ1n) is 5.77. The smallest absolute Gasteiger partial charge is 0.267 e. The Bertz CT molecular complexity index is 616. The summed E-state index contributed by atoms with van der Waals surface area (Å²) in [6.07, 6.45) is 2.51. The molecule has 6 heteroatoms. The number of hydrogen-bond donors (Lipinski definition) is 1. The lowest BCUT2D eigenvalue weighted by Crippen LogP contribution is -2.18. The number of amides is 1. The zero-order valence-corrected chi connectivity index (χ0v) is 13.8. The molecule has 0 bridgehead atoms. The molecule has 0 atom stereocenters. The monoisotopic (exact) mass is 356 g/mol. The van der Waals surface area contributed by atoms with Crippen LogP contribution in [0.2, 0.25) is 0 Å². The van der Waals surface area contributed by atoms with Crippen LogP contribution in [0.25, 0.3) is 0 Å². The Morgan fingerprint density at radius 3 is 2.95 bits per heavy atom. The fourth-order valence-electron chi connectivity index (χ4n) is 1.72. The summed E-state index contributed by atoms with van der Waals surface area (Å²) < 4.78 is 1.04. The number of carbonyl (C=O) groups excluding carboxylic acids is 1. The maximum atomic E-state index is 12.0. The highest BCUT2D eigenvalue weighted by Crippen LogP contribution is 2.22. The van der Waals surface area contributed by atoms with Crippen LogP contribution in [0.1, 0.15) is 32.6 Å². The van der Waals surface area contributed by atoms with Crippen LogP contribution in [0.15, 0.2) is 26.4 Å². The third kappa shape index (κ3) is 3.52. The minimum Gasteiger partial charge on any atom is -0.267 e. The molecule has 2 aromatic rings. The van der Waals surface area contributed by atoms with Gasteiger partial charge in [0.25, 0.3) is 5.91 Å². The second kappa shape index (κ2) is 6.45. The van der Waals surface area contributed by atoms with Gasteiger partial charge >= 0.3 is 0 Å². The van der Waals surface area contributed by atoms with Crippen LogP contribution in [-0.2, 0) is 6.42 Å². The molecule has 2 rings (SSSR count). The van der Waals surface area contributed by atoms with Crippen molar-refractivity contribution in [2.24, 2.45) is 5.10 Å². The minimum absolute atomic E-state index is 0.145. The van der Waals surface area contributed by atoms with Crippen LogP contribution in [0.4, 0.5) is 0 Å². The number of hydrogen-bond acceptors (Lipinski definition) is 4. The summed E-state index contributed by atoms with van der Waals surface area (Å²) in [4.78, 5) is 14.2. The number of hydrazone groups is 1. The molecule has 0 spiro atoms. The standard InChI is InChI=1S/C13H13BrN2OS2/c1-3-10-8(2)18-7-11(10)13(17)16-15-6-9-4-5-12(14)19-9/h4-7H,3H2,1-2H3,(H,16,17)/b15-6+. The van der Waals surface area contributed by atoms with Gasteiger partial charge in [-0.1, -0.05) is 6.92 Å². The Kier molecular flexibility index (Phi) is 4.90. The highest BCUT2D eigenvalue weighted by atomic mass is 79.9. The normalized spacial score (nSPS) is 11.1.